The van der Waals surface area contributed by atoms with Crippen molar-refractivity contribution in [1.29, 1.82) is 0 Å². The fourth-order valence-electron chi connectivity index (χ4n) is 3.25. The zero-order chi connectivity index (χ0) is 20.3. The van der Waals surface area contributed by atoms with Crippen molar-refractivity contribution in [1.82, 2.24) is 4.90 Å². The van der Waals surface area contributed by atoms with Crippen LogP contribution in [0.1, 0.15) is 31.9 Å². The van der Waals surface area contributed by atoms with Crippen LogP contribution in [0.2, 0.25) is 0 Å². The highest BCUT2D eigenvalue weighted by molar-refractivity contribution is 8.15. The van der Waals surface area contributed by atoms with E-state index in [1.165, 1.54) is 11.8 Å². The van der Waals surface area contributed by atoms with Gasteiger partial charge < -0.3 is 9.47 Å². The molecular weight excluding hydrogens is 396 g/mol. The molecule has 2 aliphatic rings. The normalized spacial score (nSPS) is 21.6. The van der Waals surface area contributed by atoms with Crippen molar-refractivity contribution >= 4 is 40.6 Å². The van der Waals surface area contributed by atoms with Gasteiger partial charge in [-0.1, -0.05) is 30.8 Å². The molecule has 0 aromatic heterocycles. The molecule has 1 saturated heterocycles. The molecule has 1 amide bonds. The third-order valence-corrected chi connectivity index (χ3v) is 6.76. The molecule has 0 spiro atoms. The highest BCUT2D eigenvalue weighted by Gasteiger charge is 2.47. The minimum absolute atomic E-state index is 0.0140. The molecule has 0 bridgehead atoms. The number of esters is 1. The lowest BCUT2D eigenvalue weighted by Crippen LogP contribution is -2.40. The Morgan fingerprint density at radius 3 is 2.61 bits per heavy atom. The van der Waals surface area contributed by atoms with Gasteiger partial charge in [0.25, 0.3) is 0 Å². The maximum atomic E-state index is 13.0. The van der Waals surface area contributed by atoms with Gasteiger partial charge >= 0.3 is 5.97 Å². The number of benzene rings is 1. The molecular formula is C20H24N2O4S2. The number of amidine groups is 1. The molecule has 3 rings (SSSR count). The highest BCUT2D eigenvalue weighted by atomic mass is 32.2. The van der Waals surface area contributed by atoms with E-state index in [9.17, 15) is 9.59 Å². The van der Waals surface area contributed by atoms with Crippen molar-refractivity contribution in [2.75, 3.05) is 26.6 Å². The second-order valence-electron chi connectivity index (χ2n) is 6.42. The second-order valence-corrected chi connectivity index (χ2v) is 8.47. The van der Waals surface area contributed by atoms with Crippen LogP contribution in [0.5, 0.6) is 0 Å². The van der Waals surface area contributed by atoms with Crippen LogP contribution in [0, 0.1) is 0 Å². The first-order chi connectivity index (χ1) is 13.5. The van der Waals surface area contributed by atoms with Crippen LogP contribution >= 0.6 is 23.5 Å². The molecule has 1 aromatic rings. The second kappa shape index (κ2) is 9.15. The van der Waals surface area contributed by atoms with Crippen molar-refractivity contribution in [2.24, 2.45) is 4.99 Å². The lowest BCUT2D eigenvalue weighted by molar-refractivity contribution is -0.141. The number of amides is 1. The molecule has 1 aromatic carbocycles. The maximum Gasteiger partial charge on any atom is 0.338 e. The number of hydrogen-bond acceptors (Lipinski definition) is 7. The van der Waals surface area contributed by atoms with Gasteiger partial charge in [-0.15, -0.1) is 11.8 Å². The lowest BCUT2D eigenvalue weighted by Gasteiger charge is -2.33. The molecule has 2 heterocycles. The summed E-state index contributed by atoms with van der Waals surface area (Å²) in [5.74, 6) is -0.478. The number of aliphatic imine (C=N–C) groups is 1. The van der Waals surface area contributed by atoms with Crippen molar-refractivity contribution in [3.63, 3.8) is 0 Å². The third-order valence-electron chi connectivity index (χ3n) is 4.69. The monoisotopic (exact) mass is 420 g/mol. The first-order valence-corrected chi connectivity index (χ1v) is 11.2. The third kappa shape index (κ3) is 3.99. The van der Waals surface area contributed by atoms with E-state index in [0.29, 0.717) is 29.5 Å². The number of carbonyl (C=O) groups excluding carboxylic acids is 2. The Kier molecular flexibility index (Phi) is 6.85. The van der Waals surface area contributed by atoms with E-state index < -0.39 is 12.0 Å². The predicted molar refractivity (Wildman–Crippen MR) is 112 cm³/mol. The van der Waals surface area contributed by atoms with E-state index in [2.05, 4.69) is 4.99 Å². The molecule has 28 heavy (non-hydrogen) atoms. The Morgan fingerprint density at radius 1 is 1.29 bits per heavy atom. The minimum atomic E-state index is -0.532. The Morgan fingerprint density at radius 2 is 2.00 bits per heavy atom. The van der Waals surface area contributed by atoms with E-state index in [0.717, 1.165) is 10.5 Å². The molecule has 0 N–H and O–H groups in total. The van der Waals surface area contributed by atoms with Crippen molar-refractivity contribution in [2.45, 2.75) is 36.5 Å². The molecule has 150 valence electrons. The topological polar surface area (TPSA) is 68.2 Å². The van der Waals surface area contributed by atoms with Gasteiger partial charge in [0.2, 0.25) is 5.91 Å². The molecule has 0 radical (unpaired) electrons. The number of rotatable bonds is 7. The molecule has 6 nitrogen and oxygen atoms in total. The molecule has 2 atom stereocenters. The summed E-state index contributed by atoms with van der Waals surface area (Å²) in [5, 5.41) is 0.477. The number of thioether (sulfide) groups is 2. The molecule has 0 unspecified atom stereocenters. The van der Waals surface area contributed by atoms with Crippen LogP contribution in [0.3, 0.4) is 0 Å². The van der Waals surface area contributed by atoms with E-state index >= 15 is 0 Å². The van der Waals surface area contributed by atoms with Gasteiger partial charge in [-0.2, -0.15) is 0 Å². The van der Waals surface area contributed by atoms with Crippen molar-refractivity contribution in [3.05, 3.63) is 41.1 Å². The number of allylic oxidation sites excluding steroid dienone is 1. The fourth-order valence-corrected chi connectivity index (χ4v) is 4.79. The average molecular weight is 421 g/mol. The van der Waals surface area contributed by atoms with Gasteiger partial charge in [-0.25, -0.2) is 9.79 Å². The van der Waals surface area contributed by atoms with Gasteiger partial charge in [0.05, 0.1) is 29.2 Å². The first kappa shape index (κ1) is 21.0. The highest BCUT2D eigenvalue weighted by Crippen LogP contribution is 2.44. The number of fused-ring (bicyclic) bond motifs is 1. The predicted octanol–water partition coefficient (Wildman–Crippen LogP) is 3.64. The van der Waals surface area contributed by atoms with Gasteiger partial charge in [-0.3, -0.25) is 9.69 Å². The first-order valence-electron chi connectivity index (χ1n) is 9.11. The summed E-state index contributed by atoms with van der Waals surface area (Å²) in [6.07, 6.45) is 2.72. The summed E-state index contributed by atoms with van der Waals surface area (Å²) >= 11 is 3.11. The number of hydrogen-bond donors (Lipinski definition) is 0. The standard InChI is InChI=1S/C20H24N2O4S2/c1-5-15-18(23)22-17(13-6-8-14(27-4)9-7-13)16(12(2)21-20(22)28-15)19(24)26-11-10-25-3/h6-9,15,17H,5,10-11H2,1-4H3/t15-,17-/m1/s1. The van der Waals surface area contributed by atoms with Crippen LogP contribution in [0.4, 0.5) is 0 Å². The summed E-state index contributed by atoms with van der Waals surface area (Å²) in [7, 11) is 1.55. The summed E-state index contributed by atoms with van der Waals surface area (Å²) in [6, 6.07) is 7.40. The number of carbonyl (C=O) groups is 2. The number of nitrogens with zero attached hydrogens (tertiary/aromatic N) is 2. The van der Waals surface area contributed by atoms with Crippen LogP contribution in [0.25, 0.3) is 0 Å². The van der Waals surface area contributed by atoms with Gasteiger partial charge in [0.15, 0.2) is 5.17 Å². The minimum Gasteiger partial charge on any atom is -0.460 e. The summed E-state index contributed by atoms with van der Waals surface area (Å²) in [4.78, 5) is 33.3. The van der Waals surface area contributed by atoms with Gasteiger partial charge in [-0.05, 0) is 37.3 Å². The molecule has 0 saturated carbocycles. The SMILES string of the molecule is CC[C@H]1SC2=NC(C)=C(C(=O)OCCOC)[C@@H](c3ccc(SC)cc3)N2C1=O. The smallest absolute Gasteiger partial charge is 0.338 e. The largest absolute Gasteiger partial charge is 0.460 e. The van der Waals surface area contributed by atoms with E-state index in [1.54, 1.807) is 30.7 Å². The van der Waals surface area contributed by atoms with E-state index in [4.69, 9.17) is 9.47 Å². The van der Waals surface area contributed by atoms with Crippen LogP contribution in [-0.4, -0.2) is 53.8 Å². The van der Waals surface area contributed by atoms with Gasteiger partial charge in [0, 0.05) is 12.0 Å². The van der Waals surface area contributed by atoms with E-state index in [-0.39, 0.29) is 17.8 Å². The van der Waals surface area contributed by atoms with Gasteiger partial charge in [0.1, 0.15) is 6.61 Å². The van der Waals surface area contributed by atoms with Crippen LogP contribution < -0.4 is 0 Å². The Balaban J connectivity index is 2.03. The van der Waals surface area contributed by atoms with E-state index in [1.807, 2.05) is 37.4 Å². The Labute approximate surface area is 173 Å². The summed E-state index contributed by atoms with van der Waals surface area (Å²) < 4.78 is 10.4. The van der Waals surface area contributed by atoms with Crippen LogP contribution in [0.15, 0.2) is 45.4 Å². The van der Waals surface area contributed by atoms with Crippen molar-refractivity contribution in [3.8, 4) is 0 Å². The Bertz CT molecular complexity index is 820. The molecule has 1 fully saturated rings. The zero-order valence-corrected chi connectivity index (χ0v) is 18.1. The zero-order valence-electron chi connectivity index (χ0n) is 16.4. The van der Waals surface area contributed by atoms with Crippen LogP contribution in [-0.2, 0) is 19.1 Å². The van der Waals surface area contributed by atoms with Crippen molar-refractivity contribution < 1.29 is 19.1 Å². The summed E-state index contributed by atoms with van der Waals surface area (Å²) in [6.45, 7) is 4.25. The number of methoxy groups -OCH3 is 1. The fraction of sp³-hybridized carbons (Fsp3) is 0.450. The quantitative estimate of drug-likeness (QED) is 0.381. The molecule has 8 heteroatoms. The maximum absolute atomic E-state index is 13.0. The lowest BCUT2D eigenvalue weighted by atomic mass is 9.94. The Hall–Kier alpha value is -1.77. The molecule has 0 aliphatic carbocycles. The summed E-state index contributed by atoms with van der Waals surface area (Å²) in [5.41, 5.74) is 1.86. The molecule has 2 aliphatic heterocycles. The average Bonchev–Trinajstić information content (AvgIpc) is 3.02. The number of ether oxygens (including phenoxy) is 2.